The highest BCUT2D eigenvalue weighted by molar-refractivity contribution is 7.98. The number of ether oxygens (including phenoxy) is 1. The van der Waals surface area contributed by atoms with E-state index < -0.39 is 28.5 Å². The topological polar surface area (TPSA) is 96.0 Å². The van der Waals surface area contributed by atoms with Crippen LogP contribution in [0.15, 0.2) is 113 Å². The first kappa shape index (κ1) is 37.0. The monoisotopic (exact) mass is 713 g/mol. The Morgan fingerprint density at radius 3 is 2.22 bits per heavy atom. The molecule has 1 atom stereocenters. The molecule has 1 aliphatic carbocycles. The number of anilines is 1. The number of carbonyl (C=O) groups excluding carboxylic acids is 2. The summed E-state index contributed by atoms with van der Waals surface area (Å²) in [4.78, 5) is 31.8. The van der Waals surface area contributed by atoms with Crippen molar-refractivity contribution in [1.82, 2.24) is 10.2 Å². The number of hydrogen-bond acceptors (Lipinski definition) is 6. The summed E-state index contributed by atoms with van der Waals surface area (Å²) in [5.74, 6) is -0.392. The van der Waals surface area contributed by atoms with Crippen molar-refractivity contribution in [3.05, 3.63) is 120 Å². The number of nitrogens with one attached hydrogen (secondary N) is 1. The highest BCUT2D eigenvalue weighted by Crippen LogP contribution is 2.33. The molecule has 4 aromatic rings. The molecular weight excluding hydrogens is 667 g/mol. The molecule has 2 amide bonds. The first-order valence-corrected chi connectivity index (χ1v) is 19.9. The highest BCUT2D eigenvalue weighted by Gasteiger charge is 2.36. The fourth-order valence-corrected chi connectivity index (χ4v) is 8.23. The number of carbonyl (C=O) groups is 2. The van der Waals surface area contributed by atoms with Gasteiger partial charge in [-0.25, -0.2) is 8.42 Å². The molecule has 0 unspecified atom stereocenters. The zero-order valence-electron chi connectivity index (χ0n) is 29.1. The summed E-state index contributed by atoms with van der Waals surface area (Å²) in [5.41, 5.74) is 3.00. The molecule has 10 heteroatoms. The normalized spacial score (nSPS) is 14.1. The van der Waals surface area contributed by atoms with Gasteiger partial charge in [-0.3, -0.25) is 13.9 Å². The van der Waals surface area contributed by atoms with Crippen molar-refractivity contribution in [2.45, 2.75) is 80.8 Å². The van der Waals surface area contributed by atoms with Crippen LogP contribution in [0.5, 0.6) is 5.75 Å². The summed E-state index contributed by atoms with van der Waals surface area (Å²) >= 11 is 1.51. The van der Waals surface area contributed by atoms with E-state index in [-0.39, 0.29) is 35.5 Å². The molecule has 5 rings (SSSR count). The molecule has 1 saturated carbocycles. The van der Waals surface area contributed by atoms with Gasteiger partial charge in [0.1, 0.15) is 18.3 Å². The van der Waals surface area contributed by atoms with E-state index in [4.69, 9.17) is 4.74 Å². The molecule has 50 heavy (non-hydrogen) atoms. The summed E-state index contributed by atoms with van der Waals surface area (Å²) in [6, 6.07) is 30.0. The predicted molar refractivity (Wildman–Crippen MR) is 201 cm³/mol. The van der Waals surface area contributed by atoms with Crippen LogP contribution in [0, 0.1) is 6.92 Å². The van der Waals surface area contributed by atoms with Crippen LogP contribution in [0.25, 0.3) is 0 Å². The van der Waals surface area contributed by atoms with E-state index in [1.165, 1.54) is 11.8 Å². The Balaban J connectivity index is 1.60. The quantitative estimate of drug-likeness (QED) is 0.129. The molecule has 1 N–H and O–H groups in total. The van der Waals surface area contributed by atoms with Crippen LogP contribution in [0.4, 0.5) is 5.69 Å². The first-order valence-electron chi connectivity index (χ1n) is 17.3. The number of sulfonamides is 1. The Morgan fingerprint density at radius 2 is 1.54 bits per heavy atom. The van der Waals surface area contributed by atoms with Gasteiger partial charge in [0, 0.05) is 23.9 Å². The summed E-state index contributed by atoms with van der Waals surface area (Å²) in [5, 5.41) is 3.27. The minimum atomic E-state index is -4.26. The van der Waals surface area contributed by atoms with Gasteiger partial charge in [-0.05, 0) is 86.0 Å². The van der Waals surface area contributed by atoms with Crippen molar-refractivity contribution in [2.75, 3.05) is 23.7 Å². The summed E-state index contributed by atoms with van der Waals surface area (Å²) in [6.45, 7) is 3.70. The molecule has 0 bridgehead atoms. The number of thioether (sulfide) groups is 1. The summed E-state index contributed by atoms with van der Waals surface area (Å²) in [7, 11) is -4.26. The summed E-state index contributed by atoms with van der Waals surface area (Å²) in [6.07, 6.45) is 7.22. The molecule has 0 saturated heterocycles. The Labute approximate surface area is 301 Å². The second-order valence-electron chi connectivity index (χ2n) is 12.6. The Morgan fingerprint density at radius 1 is 0.880 bits per heavy atom. The number of benzene rings is 4. The zero-order valence-corrected chi connectivity index (χ0v) is 30.7. The molecule has 264 valence electrons. The van der Waals surface area contributed by atoms with Crippen molar-refractivity contribution in [2.24, 2.45) is 0 Å². The number of para-hydroxylation sites is 2. The third-order valence-electron chi connectivity index (χ3n) is 9.18. The van der Waals surface area contributed by atoms with E-state index >= 15 is 0 Å². The van der Waals surface area contributed by atoms with Gasteiger partial charge in [-0.2, -0.15) is 0 Å². The van der Waals surface area contributed by atoms with Crippen molar-refractivity contribution >= 4 is 39.3 Å². The second kappa shape index (κ2) is 17.6. The smallest absolute Gasteiger partial charge is 0.264 e. The molecule has 1 aliphatic rings. The van der Waals surface area contributed by atoms with Gasteiger partial charge in [0.2, 0.25) is 11.8 Å². The fraction of sp³-hybridized carbons (Fsp3) is 0.350. The van der Waals surface area contributed by atoms with E-state index in [0.29, 0.717) is 12.4 Å². The molecule has 8 nitrogen and oxygen atoms in total. The number of nitrogens with zero attached hydrogens (tertiary/aromatic N) is 2. The molecular formula is C40H47N3O5S2. The lowest BCUT2D eigenvalue weighted by Gasteiger charge is -2.35. The highest BCUT2D eigenvalue weighted by atomic mass is 32.2. The van der Waals surface area contributed by atoms with Gasteiger partial charge in [0.25, 0.3) is 10.0 Å². The minimum absolute atomic E-state index is 0.0316. The lowest BCUT2D eigenvalue weighted by atomic mass is 9.94. The maximum atomic E-state index is 14.9. The Kier molecular flexibility index (Phi) is 13.0. The maximum Gasteiger partial charge on any atom is 0.264 e. The van der Waals surface area contributed by atoms with Crippen molar-refractivity contribution in [3.63, 3.8) is 0 Å². The molecule has 1 fully saturated rings. The van der Waals surface area contributed by atoms with E-state index in [0.717, 1.165) is 58.0 Å². The molecule has 0 aromatic heterocycles. The molecule has 0 aliphatic heterocycles. The second-order valence-corrected chi connectivity index (χ2v) is 15.3. The maximum absolute atomic E-state index is 14.9. The van der Waals surface area contributed by atoms with Crippen LogP contribution >= 0.6 is 11.8 Å². The van der Waals surface area contributed by atoms with Crippen LogP contribution in [-0.4, -0.2) is 56.6 Å². The average molecular weight is 714 g/mol. The van der Waals surface area contributed by atoms with Gasteiger partial charge in [-0.15, -0.1) is 11.8 Å². The van der Waals surface area contributed by atoms with Crippen LogP contribution in [0.2, 0.25) is 0 Å². The van der Waals surface area contributed by atoms with Crippen LogP contribution in [0.3, 0.4) is 0 Å². The Hall–Kier alpha value is -4.28. The number of rotatable bonds is 15. The standard InChI is InChI=1S/C40H47N3O5S2/c1-4-48-38-22-14-13-21-36(38)43(50(46,47)35-25-23-34(49-3)24-26-35)29-39(44)42(28-32-18-12-11-15-30(32)2)37(27-31-16-7-5-8-17-31)40(45)41-33-19-9-6-10-20-33/h5,7-8,11-18,21-26,33,37H,4,6,9-10,19-20,27-29H2,1-3H3,(H,41,45)/t37-/m1/s1. The molecule has 0 heterocycles. The molecule has 0 spiro atoms. The molecule has 4 aromatic carbocycles. The van der Waals surface area contributed by atoms with Crippen molar-refractivity contribution in [1.29, 1.82) is 0 Å². The minimum Gasteiger partial charge on any atom is -0.492 e. The SMILES string of the molecule is CCOc1ccccc1N(CC(=O)N(Cc1ccccc1C)[C@H](Cc1ccccc1)C(=O)NC1CCCCC1)S(=O)(=O)c1ccc(SC)cc1. The van der Waals surface area contributed by atoms with Gasteiger partial charge in [0.05, 0.1) is 17.2 Å². The number of aryl methyl sites for hydroxylation is 1. The van der Waals surface area contributed by atoms with E-state index in [1.54, 1.807) is 53.4 Å². The van der Waals surface area contributed by atoms with Crippen LogP contribution in [0.1, 0.15) is 55.7 Å². The molecule has 0 radical (unpaired) electrons. The number of hydrogen-bond donors (Lipinski definition) is 1. The van der Waals surface area contributed by atoms with Crippen molar-refractivity contribution < 1.29 is 22.7 Å². The van der Waals surface area contributed by atoms with Gasteiger partial charge < -0.3 is 15.0 Å². The zero-order chi connectivity index (χ0) is 35.5. The largest absolute Gasteiger partial charge is 0.492 e. The third kappa shape index (κ3) is 9.28. The van der Waals surface area contributed by atoms with Crippen LogP contribution in [-0.2, 0) is 32.6 Å². The van der Waals surface area contributed by atoms with Crippen LogP contribution < -0.4 is 14.4 Å². The van der Waals surface area contributed by atoms with Gasteiger partial charge in [0.15, 0.2) is 0 Å². The predicted octanol–water partition coefficient (Wildman–Crippen LogP) is 7.40. The lowest BCUT2D eigenvalue weighted by Crippen LogP contribution is -2.55. The van der Waals surface area contributed by atoms with E-state index in [2.05, 4.69) is 5.32 Å². The fourth-order valence-electron chi connectivity index (χ4n) is 6.40. The first-order chi connectivity index (χ1) is 24.2. The van der Waals surface area contributed by atoms with Crippen molar-refractivity contribution in [3.8, 4) is 5.75 Å². The van der Waals surface area contributed by atoms with Gasteiger partial charge in [-0.1, -0.05) is 86.0 Å². The van der Waals surface area contributed by atoms with Gasteiger partial charge >= 0.3 is 0 Å². The number of amides is 2. The lowest BCUT2D eigenvalue weighted by molar-refractivity contribution is -0.140. The Bertz CT molecular complexity index is 1830. The van der Waals surface area contributed by atoms with E-state index in [1.807, 2.05) is 74.7 Å². The average Bonchev–Trinajstić information content (AvgIpc) is 3.14. The third-order valence-corrected chi connectivity index (χ3v) is 11.7. The summed E-state index contributed by atoms with van der Waals surface area (Å²) < 4.78 is 36.1. The van der Waals surface area contributed by atoms with E-state index in [9.17, 15) is 18.0 Å².